The zero-order chi connectivity index (χ0) is 19.5. The van der Waals surface area contributed by atoms with Crippen LogP contribution in [0.1, 0.15) is 52.7 Å². The Morgan fingerprint density at radius 3 is 2.71 bits per heavy atom. The van der Waals surface area contributed by atoms with Gasteiger partial charge in [-0.05, 0) is 55.0 Å². The van der Waals surface area contributed by atoms with Crippen LogP contribution in [0.2, 0.25) is 0 Å². The number of hydrogen-bond acceptors (Lipinski definition) is 3. The van der Waals surface area contributed by atoms with E-state index in [-0.39, 0.29) is 11.9 Å². The van der Waals surface area contributed by atoms with Crippen molar-refractivity contribution in [3.05, 3.63) is 77.0 Å². The van der Waals surface area contributed by atoms with Crippen LogP contribution in [-0.2, 0) is 6.42 Å². The molecule has 0 spiro atoms. The number of pyridine rings is 1. The molecule has 144 valence electrons. The highest BCUT2D eigenvalue weighted by molar-refractivity contribution is 6.06. The van der Waals surface area contributed by atoms with E-state index < -0.39 is 6.10 Å². The molecule has 1 aromatic heterocycles. The Labute approximate surface area is 165 Å². The molecule has 4 rings (SSSR count). The SMILES string of the molecule is Cc1c(Cc2ccccc2)cc(C(=O)N[C@H]2CCCC[C@@H]2O)c2ncccc12. The van der Waals surface area contributed by atoms with Crippen molar-refractivity contribution in [2.75, 3.05) is 0 Å². The molecule has 1 heterocycles. The van der Waals surface area contributed by atoms with E-state index in [0.29, 0.717) is 5.56 Å². The maximum Gasteiger partial charge on any atom is 0.253 e. The number of nitrogens with one attached hydrogen (secondary N) is 1. The lowest BCUT2D eigenvalue weighted by molar-refractivity contribution is 0.0718. The van der Waals surface area contributed by atoms with E-state index in [1.807, 2.05) is 36.4 Å². The quantitative estimate of drug-likeness (QED) is 0.721. The molecule has 1 saturated carbocycles. The van der Waals surface area contributed by atoms with Gasteiger partial charge in [-0.2, -0.15) is 0 Å². The summed E-state index contributed by atoms with van der Waals surface area (Å²) in [5.41, 5.74) is 4.80. The van der Waals surface area contributed by atoms with Gasteiger partial charge in [-0.15, -0.1) is 0 Å². The number of benzene rings is 2. The van der Waals surface area contributed by atoms with Crippen molar-refractivity contribution in [3.8, 4) is 0 Å². The topological polar surface area (TPSA) is 62.2 Å². The molecular weight excluding hydrogens is 348 g/mol. The second kappa shape index (κ2) is 8.11. The fraction of sp³-hybridized carbons (Fsp3) is 0.333. The third-order valence-electron chi connectivity index (χ3n) is 5.80. The van der Waals surface area contributed by atoms with Gasteiger partial charge in [0, 0.05) is 11.6 Å². The monoisotopic (exact) mass is 374 g/mol. The second-order valence-electron chi connectivity index (χ2n) is 7.70. The molecular formula is C24H26N2O2. The average molecular weight is 374 g/mol. The van der Waals surface area contributed by atoms with Gasteiger partial charge in [0.2, 0.25) is 0 Å². The van der Waals surface area contributed by atoms with Crippen molar-refractivity contribution in [2.24, 2.45) is 0 Å². The van der Waals surface area contributed by atoms with E-state index in [4.69, 9.17) is 0 Å². The molecule has 2 aromatic carbocycles. The summed E-state index contributed by atoms with van der Waals surface area (Å²) in [4.78, 5) is 17.6. The number of rotatable bonds is 4. The van der Waals surface area contributed by atoms with Crippen LogP contribution in [0.25, 0.3) is 10.9 Å². The average Bonchev–Trinajstić information content (AvgIpc) is 2.72. The number of fused-ring (bicyclic) bond motifs is 1. The molecule has 1 amide bonds. The highest BCUT2D eigenvalue weighted by Crippen LogP contribution is 2.27. The molecule has 1 fully saturated rings. The summed E-state index contributed by atoms with van der Waals surface area (Å²) in [7, 11) is 0. The molecule has 28 heavy (non-hydrogen) atoms. The third-order valence-corrected chi connectivity index (χ3v) is 5.80. The molecule has 0 radical (unpaired) electrons. The van der Waals surface area contributed by atoms with E-state index >= 15 is 0 Å². The van der Waals surface area contributed by atoms with Crippen molar-refractivity contribution >= 4 is 16.8 Å². The van der Waals surface area contributed by atoms with Crippen LogP contribution >= 0.6 is 0 Å². The van der Waals surface area contributed by atoms with Gasteiger partial charge in [0.05, 0.1) is 23.2 Å². The maximum absolute atomic E-state index is 13.1. The van der Waals surface area contributed by atoms with Crippen LogP contribution in [0.15, 0.2) is 54.7 Å². The lowest BCUT2D eigenvalue weighted by Gasteiger charge is -2.28. The lowest BCUT2D eigenvalue weighted by Crippen LogP contribution is -2.45. The number of carbonyl (C=O) groups excluding carboxylic acids is 1. The molecule has 3 aromatic rings. The summed E-state index contributed by atoms with van der Waals surface area (Å²) in [6.45, 7) is 2.09. The first-order valence-electron chi connectivity index (χ1n) is 10.0. The molecule has 2 atom stereocenters. The molecule has 4 nitrogen and oxygen atoms in total. The molecule has 2 N–H and O–H groups in total. The summed E-state index contributed by atoms with van der Waals surface area (Å²) >= 11 is 0. The highest BCUT2D eigenvalue weighted by Gasteiger charge is 2.26. The first-order chi connectivity index (χ1) is 13.6. The van der Waals surface area contributed by atoms with Crippen molar-refractivity contribution in [1.82, 2.24) is 10.3 Å². The summed E-state index contributed by atoms with van der Waals surface area (Å²) < 4.78 is 0. The van der Waals surface area contributed by atoms with Gasteiger partial charge in [-0.1, -0.05) is 49.2 Å². The summed E-state index contributed by atoms with van der Waals surface area (Å²) in [5.74, 6) is -0.149. The van der Waals surface area contributed by atoms with Crippen molar-refractivity contribution in [1.29, 1.82) is 0 Å². The predicted octanol–water partition coefficient (Wildman–Crippen LogP) is 4.17. The van der Waals surface area contributed by atoms with E-state index in [9.17, 15) is 9.90 Å². The van der Waals surface area contributed by atoms with Crippen molar-refractivity contribution in [3.63, 3.8) is 0 Å². The van der Waals surface area contributed by atoms with Crippen LogP contribution in [0.3, 0.4) is 0 Å². The second-order valence-corrected chi connectivity index (χ2v) is 7.70. The van der Waals surface area contributed by atoms with Gasteiger partial charge in [0.15, 0.2) is 0 Å². The van der Waals surface area contributed by atoms with Crippen molar-refractivity contribution in [2.45, 2.75) is 51.2 Å². The van der Waals surface area contributed by atoms with Crippen LogP contribution in [-0.4, -0.2) is 28.1 Å². The zero-order valence-electron chi connectivity index (χ0n) is 16.2. The smallest absolute Gasteiger partial charge is 0.253 e. The van der Waals surface area contributed by atoms with Crippen LogP contribution in [0, 0.1) is 6.92 Å². The van der Waals surface area contributed by atoms with Crippen LogP contribution < -0.4 is 5.32 Å². The molecule has 1 aliphatic rings. The fourth-order valence-electron chi connectivity index (χ4n) is 4.14. The van der Waals surface area contributed by atoms with Gasteiger partial charge in [0.25, 0.3) is 5.91 Å². The first-order valence-corrected chi connectivity index (χ1v) is 10.0. The number of hydrogen-bond donors (Lipinski definition) is 2. The number of aliphatic hydroxyl groups is 1. The summed E-state index contributed by atoms with van der Waals surface area (Å²) in [6.07, 6.45) is 5.65. The van der Waals surface area contributed by atoms with Gasteiger partial charge in [-0.3, -0.25) is 9.78 Å². The zero-order valence-corrected chi connectivity index (χ0v) is 16.2. The third kappa shape index (κ3) is 3.78. The van der Waals surface area contributed by atoms with Gasteiger partial charge in [0.1, 0.15) is 0 Å². The summed E-state index contributed by atoms with van der Waals surface area (Å²) in [5, 5.41) is 14.3. The maximum atomic E-state index is 13.1. The van der Waals surface area contributed by atoms with Crippen LogP contribution in [0.4, 0.5) is 0 Å². The molecule has 4 heteroatoms. The van der Waals surface area contributed by atoms with E-state index in [1.54, 1.807) is 6.20 Å². The highest BCUT2D eigenvalue weighted by atomic mass is 16.3. The standard InChI is InChI=1S/C24H26N2O2/c1-16-18(14-17-8-3-2-4-9-17)15-20(23-19(16)10-7-13-25-23)24(28)26-21-11-5-6-12-22(21)27/h2-4,7-10,13,15,21-22,27H,5-6,11-12,14H2,1H3,(H,26,28)/t21-,22-/m0/s1. The largest absolute Gasteiger partial charge is 0.391 e. The predicted molar refractivity (Wildman–Crippen MR) is 111 cm³/mol. The van der Waals surface area contributed by atoms with E-state index in [1.165, 1.54) is 5.56 Å². The van der Waals surface area contributed by atoms with Gasteiger partial charge < -0.3 is 10.4 Å². The van der Waals surface area contributed by atoms with Crippen molar-refractivity contribution < 1.29 is 9.90 Å². The van der Waals surface area contributed by atoms with Crippen LogP contribution in [0.5, 0.6) is 0 Å². The van der Waals surface area contributed by atoms with E-state index in [0.717, 1.165) is 54.1 Å². The minimum Gasteiger partial charge on any atom is -0.391 e. The number of aromatic nitrogens is 1. The molecule has 0 unspecified atom stereocenters. The molecule has 0 saturated heterocycles. The normalized spacial score (nSPS) is 19.5. The molecule has 0 bridgehead atoms. The summed E-state index contributed by atoms with van der Waals surface area (Å²) in [6, 6.07) is 16.0. The number of carbonyl (C=O) groups is 1. The first kappa shape index (κ1) is 18.6. The Morgan fingerprint density at radius 2 is 1.93 bits per heavy atom. The number of aryl methyl sites for hydroxylation is 1. The Morgan fingerprint density at radius 1 is 1.14 bits per heavy atom. The Balaban J connectivity index is 1.72. The Hall–Kier alpha value is -2.72. The van der Waals surface area contributed by atoms with Gasteiger partial charge >= 0.3 is 0 Å². The number of nitrogens with zero attached hydrogens (tertiary/aromatic N) is 1. The number of amides is 1. The lowest BCUT2D eigenvalue weighted by atomic mass is 9.91. The fourth-order valence-corrected chi connectivity index (χ4v) is 4.14. The molecule has 1 aliphatic carbocycles. The minimum absolute atomic E-state index is 0.149. The Bertz CT molecular complexity index is 985. The number of aliphatic hydroxyl groups excluding tert-OH is 1. The van der Waals surface area contributed by atoms with E-state index in [2.05, 4.69) is 29.4 Å². The Kier molecular flexibility index (Phi) is 5.40. The van der Waals surface area contributed by atoms with Gasteiger partial charge in [-0.25, -0.2) is 0 Å². The molecule has 0 aliphatic heterocycles. The minimum atomic E-state index is -0.467.